The molecular weight excluding hydrogens is 155 g/mol. The molecule has 1 rings (SSSR count). The molecule has 11 heavy (non-hydrogen) atoms. The van der Waals surface area contributed by atoms with E-state index in [9.17, 15) is 13.2 Å². The summed E-state index contributed by atoms with van der Waals surface area (Å²) >= 11 is 0. The average Bonchev–Trinajstić information content (AvgIpc) is 2.43. The van der Waals surface area contributed by atoms with Crippen LogP contribution in [0.4, 0.5) is 13.2 Å². The standard InChI is InChI=1S/C7H12F3N/c1-5-2-6(5)3-11-4-7(8,9)10/h5-6,11H,2-4H2,1H3. The number of hydrogen-bond donors (Lipinski definition) is 1. The van der Waals surface area contributed by atoms with Crippen LogP contribution in [0.15, 0.2) is 0 Å². The van der Waals surface area contributed by atoms with Gasteiger partial charge in [-0.05, 0) is 24.8 Å². The normalized spacial score (nSPS) is 30.5. The van der Waals surface area contributed by atoms with Crippen molar-refractivity contribution in [2.75, 3.05) is 13.1 Å². The molecular formula is C7H12F3N. The Balaban J connectivity index is 1.97. The largest absolute Gasteiger partial charge is 0.401 e. The summed E-state index contributed by atoms with van der Waals surface area (Å²) < 4.78 is 34.7. The van der Waals surface area contributed by atoms with Gasteiger partial charge in [0.05, 0.1) is 6.54 Å². The Hall–Kier alpha value is -0.250. The van der Waals surface area contributed by atoms with Crippen LogP contribution in [0.25, 0.3) is 0 Å². The van der Waals surface area contributed by atoms with Gasteiger partial charge in [-0.1, -0.05) is 6.92 Å². The molecule has 1 N–H and O–H groups in total. The Kier molecular flexibility index (Phi) is 2.42. The second-order valence-electron chi connectivity index (χ2n) is 3.22. The second kappa shape index (κ2) is 3.01. The molecule has 0 aromatic rings. The maximum absolute atomic E-state index is 11.6. The topological polar surface area (TPSA) is 12.0 Å². The molecule has 1 aliphatic rings. The molecule has 66 valence electrons. The number of rotatable bonds is 3. The highest BCUT2D eigenvalue weighted by Gasteiger charge is 2.33. The van der Waals surface area contributed by atoms with Crippen molar-refractivity contribution in [3.8, 4) is 0 Å². The van der Waals surface area contributed by atoms with Crippen molar-refractivity contribution < 1.29 is 13.2 Å². The van der Waals surface area contributed by atoms with E-state index in [0.717, 1.165) is 6.42 Å². The van der Waals surface area contributed by atoms with Gasteiger partial charge in [-0.3, -0.25) is 0 Å². The van der Waals surface area contributed by atoms with Crippen LogP contribution in [0, 0.1) is 11.8 Å². The molecule has 1 saturated carbocycles. The van der Waals surface area contributed by atoms with Crippen molar-refractivity contribution in [3.63, 3.8) is 0 Å². The van der Waals surface area contributed by atoms with Crippen molar-refractivity contribution in [2.24, 2.45) is 11.8 Å². The summed E-state index contributed by atoms with van der Waals surface area (Å²) in [6.07, 6.45) is -2.98. The Morgan fingerprint density at radius 2 is 2.00 bits per heavy atom. The number of halogens is 3. The summed E-state index contributed by atoms with van der Waals surface area (Å²) in [6, 6.07) is 0. The lowest BCUT2D eigenvalue weighted by molar-refractivity contribution is -0.124. The van der Waals surface area contributed by atoms with Gasteiger partial charge in [0.15, 0.2) is 0 Å². The molecule has 4 heteroatoms. The third-order valence-electron chi connectivity index (χ3n) is 2.01. The third-order valence-corrected chi connectivity index (χ3v) is 2.01. The maximum Gasteiger partial charge on any atom is 0.401 e. The third kappa shape index (κ3) is 3.60. The molecule has 0 bridgehead atoms. The minimum Gasteiger partial charge on any atom is -0.308 e. The van der Waals surface area contributed by atoms with Crippen molar-refractivity contribution in [1.82, 2.24) is 5.32 Å². The van der Waals surface area contributed by atoms with Crippen molar-refractivity contribution in [3.05, 3.63) is 0 Å². The summed E-state index contributed by atoms with van der Waals surface area (Å²) in [5, 5.41) is 2.39. The van der Waals surface area contributed by atoms with Crippen LogP contribution < -0.4 is 5.32 Å². The van der Waals surface area contributed by atoms with Gasteiger partial charge in [0.1, 0.15) is 0 Å². The molecule has 2 atom stereocenters. The van der Waals surface area contributed by atoms with Crippen molar-refractivity contribution in [1.29, 1.82) is 0 Å². The fourth-order valence-electron chi connectivity index (χ4n) is 1.08. The first-order valence-electron chi connectivity index (χ1n) is 3.76. The Morgan fingerprint density at radius 1 is 1.45 bits per heavy atom. The molecule has 0 aliphatic heterocycles. The zero-order valence-electron chi connectivity index (χ0n) is 6.41. The van der Waals surface area contributed by atoms with Crippen LogP contribution >= 0.6 is 0 Å². The molecule has 0 heterocycles. The van der Waals surface area contributed by atoms with E-state index in [0.29, 0.717) is 18.4 Å². The monoisotopic (exact) mass is 167 g/mol. The van der Waals surface area contributed by atoms with E-state index in [1.165, 1.54) is 0 Å². The van der Waals surface area contributed by atoms with Gasteiger partial charge in [-0.2, -0.15) is 13.2 Å². The van der Waals surface area contributed by atoms with Crippen LogP contribution in [-0.2, 0) is 0 Å². The molecule has 0 aromatic carbocycles. The van der Waals surface area contributed by atoms with Crippen molar-refractivity contribution >= 4 is 0 Å². The predicted octanol–water partition coefficient (Wildman–Crippen LogP) is 1.79. The number of hydrogen-bond acceptors (Lipinski definition) is 1. The van der Waals surface area contributed by atoms with E-state index in [1.54, 1.807) is 0 Å². The molecule has 1 nitrogen and oxygen atoms in total. The fourth-order valence-corrected chi connectivity index (χ4v) is 1.08. The molecule has 0 saturated heterocycles. The van der Waals surface area contributed by atoms with Gasteiger partial charge in [-0.25, -0.2) is 0 Å². The van der Waals surface area contributed by atoms with Gasteiger partial charge in [-0.15, -0.1) is 0 Å². The molecule has 2 unspecified atom stereocenters. The highest BCUT2D eigenvalue weighted by molar-refractivity contribution is 4.84. The molecule has 0 spiro atoms. The van der Waals surface area contributed by atoms with E-state index in [-0.39, 0.29) is 0 Å². The summed E-state index contributed by atoms with van der Waals surface area (Å²) in [6.45, 7) is 1.72. The van der Waals surface area contributed by atoms with E-state index < -0.39 is 12.7 Å². The SMILES string of the molecule is CC1CC1CNCC(F)(F)F. The predicted molar refractivity (Wildman–Crippen MR) is 36.2 cm³/mol. The quantitative estimate of drug-likeness (QED) is 0.675. The van der Waals surface area contributed by atoms with Gasteiger partial charge in [0.25, 0.3) is 0 Å². The number of alkyl halides is 3. The summed E-state index contributed by atoms with van der Waals surface area (Å²) in [5.74, 6) is 1.10. The smallest absolute Gasteiger partial charge is 0.308 e. The van der Waals surface area contributed by atoms with Crippen LogP contribution in [-0.4, -0.2) is 19.3 Å². The Labute approximate surface area is 64.0 Å². The molecule has 0 amide bonds. The average molecular weight is 167 g/mol. The zero-order valence-corrected chi connectivity index (χ0v) is 6.41. The minimum atomic E-state index is -4.06. The van der Waals surface area contributed by atoms with Gasteiger partial charge < -0.3 is 5.32 Å². The highest BCUT2D eigenvalue weighted by Crippen LogP contribution is 2.36. The molecule has 0 radical (unpaired) electrons. The molecule has 0 aromatic heterocycles. The molecule has 1 aliphatic carbocycles. The first kappa shape index (κ1) is 8.84. The first-order valence-corrected chi connectivity index (χ1v) is 3.76. The van der Waals surface area contributed by atoms with Gasteiger partial charge in [0.2, 0.25) is 0 Å². The zero-order chi connectivity index (χ0) is 8.48. The van der Waals surface area contributed by atoms with Crippen molar-refractivity contribution in [2.45, 2.75) is 19.5 Å². The fraction of sp³-hybridized carbons (Fsp3) is 1.00. The van der Waals surface area contributed by atoms with Crippen LogP contribution in [0.3, 0.4) is 0 Å². The second-order valence-corrected chi connectivity index (χ2v) is 3.22. The van der Waals surface area contributed by atoms with Crippen LogP contribution in [0.1, 0.15) is 13.3 Å². The summed E-state index contributed by atoms with van der Waals surface area (Å²) in [5.41, 5.74) is 0. The summed E-state index contributed by atoms with van der Waals surface area (Å²) in [4.78, 5) is 0. The van der Waals surface area contributed by atoms with E-state index in [4.69, 9.17) is 0 Å². The lowest BCUT2D eigenvalue weighted by Crippen LogP contribution is -2.30. The Bertz CT molecular complexity index is 132. The van der Waals surface area contributed by atoms with E-state index in [1.807, 2.05) is 0 Å². The van der Waals surface area contributed by atoms with Crippen LogP contribution in [0.5, 0.6) is 0 Å². The van der Waals surface area contributed by atoms with Crippen LogP contribution in [0.2, 0.25) is 0 Å². The maximum atomic E-state index is 11.6. The summed E-state index contributed by atoms with van der Waals surface area (Å²) in [7, 11) is 0. The highest BCUT2D eigenvalue weighted by atomic mass is 19.4. The van der Waals surface area contributed by atoms with Gasteiger partial charge >= 0.3 is 6.18 Å². The first-order chi connectivity index (χ1) is 4.99. The number of nitrogens with one attached hydrogen (secondary N) is 1. The van der Waals surface area contributed by atoms with Gasteiger partial charge in [0, 0.05) is 0 Å². The van der Waals surface area contributed by atoms with E-state index >= 15 is 0 Å². The lowest BCUT2D eigenvalue weighted by atomic mass is 10.3. The Morgan fingerprint density at radius 3 is 2.36 bits per heavy atom. The van der Waals surface area contributed by atoms with E-state index in [2.05, 4.69) is 12.2 Å². The molecule has 1 fully saturated rings. The minimum absolute atomic E-state index is 0.484. The lowest BCUT2D eigenvalue weighted by Gasteiger charge is -2.06.